The Hall–Kier alpha value is -0.310. The molecule has 0 radical (unpaired) electrons. The van der Waals surface area contributed by atoms with E-state index in [1.165, 1.54) is 12.8 Å². The van der Waals surface area contributed by atoms with Crippen molar-refractivity contribution >= 4 is 17.3 Å². The minimum absolute atomic E-state index is 0.487. The number of hydrogen-bond donors (Lipinski definition) is 1. The predicted octanol–water partition coefficient (Wildman–Crippen LogP) is 1.35. The molecule has 0 spiro atoms. The predicted molar refractivity (Wildman–Crippen MR) is 51.4 cm³/mol. The van der Waals surface area contributed by atoms with Crippen LogP contribution in [0, 0.1) is 5.41 Å². The van der Waals surface area contributed by atoms with E-state index in [-0.39, 0.29) is 0 Å². The summed E-state index contributed by atoms with van der Waals surface area (Å²) in [6, 6.07) is 0. The van der Waals surface area contributed by atoms with E-state index in [0.717, 1.165) is 13.1 Å². The molecule has 1 aliphatic rings. The fourth-order valence-corrected chi connectivity index (χ4v) is 1.52. The number of thiocarbonyl (C=S) groups is 1. The molecular formula is C8H16N2S. The van der Waals surface area contributed by atoms with Gasteiger partial charge in [0.1, 0.15) is 0 Å². The van der Waals surface area contributed by atoms with E-state index in [1.807, 2.05) is 0 Å². The third-order valence-electron chi connectivity index (χ3n) is 2.43. The van der Waals surface area contributed by atoms with Gasteiger partial charge in [-0.3, -0.25) is 0 Å². The molecule has 64 valence electrons. The van der Waals surface area contributed by atoms with E-state index in [2.05, 4.69) is 18.7 Å². The maximum absolute atomic E-state index is 5.51. The highest BCUT2D eigenvalue weighted by atomic mass is 32.1. The number of nitrogens with zero attached hydrogens (tertiary/aromatic N) is 1. The Labute approximate surface area is 73.7 Å². The summed E-state index contributed by atoms with van der Waals surface area (Å²) in [6.07, 6.45) is 2.40. The Bertz CT molecular complexity index is 155. The molecule has 2 nitrogen and oxygen atoms in total. The first-order valence-corrected chi connectivity index (χ1v) is 4.46. The number of piperidine rings is 1. The molecule has 1 fully saturated rings. The fraction of sp³-hybridized carbons (Fsp3) is 0.875. The van der Waals surface area contributed by atoms with E-state index < -0.39 is 0 Å². The van der Waals surface area contributed by atoms with Crippen LogP contribution in [0.25, 0.3) is 0 Å². The van der Waals surface area contributed by atoms with Crippen LogP contribution in [0.15, 0.2) is 0 Å². The van der Waals surface area contributed by atoms with Gasteiger partial charge in [0, 0.05) is 13.1 Å². The second-order valence-corrected chi connectivity index (χ2v) is 4.41. The van der Waals surface area contributed by atoms with Crippen LogP contribution in [0.1, 0.15) is 26.7 Å². The van der Waals surface area contributed by atoms with Crippen LogP contribution in [0.4, 0.5) is 0 Å². The van der Waals surface area contributed by atoms with Gasteiger partial charge in [0.05, 0.1) is 0 Å². The van der Waals surface area contributed by atoms with Crippen molar-refractivity contribution in [1.29, 1.82) is 0 Å². The maximum atomic E-state index is 5.51. The molecular weight excluding hydrogens is 156 g/mol. The molecule has 0 amide bonds. The van der Waals surface area contributed by atoms with Crippen molar-refractivity contribution in [1.82, 2.24) is 4.90 Å². The first-order valence-electron chi connectivity index (χ1n) is 4.06. The second kappa shape index (κ2) is 2.97. The summed E-state index contributed by atoms with van der Waals surface area (Å²) in [4.78, 5) is 2.08. The molecule has 0 atom stereocenters. The van der Waals surface area contributed by atoms with Crippen LogP contribution in [0.5, 0.6) is 0 Å². The smallest absolute Gasteiger partial charge is 0.166 e. The Balaban J connectivity index is 2.42. The summed E-state index contributed by atoms with van der Waals surface area (Å²) < 4.78 is 0. The van der Waals surface area contributed by atoms with Crippen molar-refractivity contribution in [3.63, 3.8) is 0 Å². The molecule has 11 heavy (non-hydrogen) atoms. The van der Waals surface area contributed by atoms with Crippen molar-refractivity contribution in [3.8, 4) is 0 Å². The number of rotatable bonds is 0. The summed E-state index contributed by atoms with van der Waals surface area (Å²) in [5.74, 6) is 0. The van der Waals surface area contributed by atoms with Crippen LogP contribution in [-0.4, -0.2) is 23.1 Å². The quantitative estimate of drug-likeness (QED) is 0.559. The molecule has 0 bridgehead atoms. The number of hydrogen-bond acceptors (Lipinski definition) is 1. The van der Waals surface area contributed by atoms with Crippen LogP contribution in [0.2, 0.25) is 0 Å². The first kappa shape index (κ1) is 8.78. The van der Waals surface area contributed by atoms with Crippen molar-refractivity contribution < 1.29 is 0 Å². The van der Waals surface area contributed by atoms with Crippen molar-refractivity contribution in [2.75, 3.05) is 13.1 Å². The van der Waals surface area contributed by atoms with Gasteiger partial charge >= 0.3 is 0 Å². The van der Waals surface area contributed by atoms with E-state index in [0.29, 0.717) is 10.5 Å². The highest BCUT2D eigenvalue weighted by Gasteiger charge is 2.25. The molecule has 1 rings (SSSR count). The first-order chi connectivity index (χ1) is 5.01. The van der Waals surface area contributed by atoms with E-state index >= 15 is 0 Å². The van der Waals surface area contributed by atoms with Crippen LogP contribution in [0.3, 0.4) is 0 Å². The van der Waals surface area contributed by atoms with Crippen molar-refractivity contribution in [3.05, 3.63) is 0 Å². The Morgan fingerprint density at radius 1 is 1.36 bits per heavy atom. The van der Waals surface area contributed by atoms with Crippen LogP contribution < -0.4 is 5.73 Å². The van der Waals surface area contributed by atoms with Gasteiger partial charge < -0.3 is 10.6 Å². The molecule has 0 aromatic heterocycles. The molecule has 0 saturated carbocycles. The summed E-state index contributed by atoms with van der Waals surface area (Å²) in [5, 5.41) is 0.556. The largest absolute Gasteiger partial charge is 0.376 e. The summed E-state index contributed by atoms with van der Waals surface area (Å²) in [7, 11) is 0. The minimum Gasteiger partial charge on any atom is -0.376 e. The molecule has 1 aliphatic heterocycles. The maximum Gasteiger partial charge on any atom is 0.166 e. The zero-order chi connectivity index (χ0) is 8.48. The van der Waals surface area contributed by atoms with Crippen LogP contribution in [-0.2, 0) is 0 Å². The van der Waals surface area contributed by atoms with E-state index in [1.54, 1.807) is 0 Å². The third-order valence-corrected chi connectivity index (χ3v) is 2.69. The second-order valence-electron chi connectivity index (χ2n) is 3.99. The zero-order valence-electron chi connectivity index (χ0n) is 7.26. The Morgan fingerprint density at radius 2 is 1.82 bits per heavy atom. The lowest BCUT2D eigenvalue weighted by Gasteiger charge is -2.37. The van der Waals surface area contributed by atoms with Gasteiger partial charge in [0.15, 0.2) is 5.11 Å². The highest BCUT2D eigenvalue weighted by molar-refractivity contribution is 7.80. The molecule has 0 unspecified atom stereocenters. The lowest BCUT2D eigenvalue weighted by Crippen LogP contribution is -2.43. The molecule has 1 saturated heterocycles. The number of nitrogens with two attached hydrogens (primary N) is 1. The normalized spacial score (nSPS) is 23.3. The number of likely N-dealkylation sites (tertiary alicyclic amines) is 1. The minimum atomic E-state index is 0.487. The van der Waals surface area contributed by atoms with Crippen molar-refractivity contribution in [2.24, 2.45) is 11.1 Å². The monoisotopic (exact) mass is 172 g/mol. The average molecular weight is 172 g/mol. The molecule has 1 heterocycles. The van der Waals surface area contributed by atoms with E-state index in [4.69, 9.17) is 18.0 Å². The standard InChI is InChI=1S/C8H16N2S/c1-8(2)3-5-10(6-4-8)7(9)11/h3-6H2,1-2H3,(H2,9,11). The Morgan fingerprint density at radius 3 is 2.18 bits per heavy atom. The summed E-state index contributed by atoms with van der Waals surface area (Å²) in [6.45, 7) is 6.65. The van der Waals surface area contributed by atoms with E-state index in [9.17, 15) is 0 Å². The molecule has 0 aliphatic carbocycles. The van der Waals surface area contributed by atoms with Gasteiger partial charge in [-0.25, -0.2) is 0 Å². The van der Waals surface area contributed by atoms with Gasteiger partial charge in [-0.05, 0) is 30.5 Å². The highest BCUT2D eigenvalue weighted by Crippen LogP contribution is 2.29. The average Bonchev–Trinajstić information content (AvgIpc) is 1.86. The van der Waals surface area contributed by atoms with Crippen LogP contribution >= 0.6 is 12.2 Å². The molecule has 3 heteroatoms. The summed E-state index contributed by atoms with van der Waals surface area (Å²) in [5.41, 5.74) is 6.00. The molecule has 0 aromatic rings. The lowest BCUT2D eigenvalue weighted by molar-refractivity contribution is 0.189. The molecule has 0 aromatic carbocycles. The van der Waals surface area contributed by atoms with Gasteiger partial charge in [-0.1, -0.05) is 13.8 Å². The van der Waals surface area contributed by atoms with Gasteiger partial charge in [0.2, 0.25) is 0 Å². The topological polar surface area (TPSA) is 29.3 Å². The fourth-order valence-electron chi connectivity index (χ4n) is 1.33. The molecule has 2 N–H and O–H groups in total. The summed E-state index contributed by atoms with van der Waals surface area (Å²) >= 11 is 4.89. The van der Waals surface area contributed by atoms with Crippen molar-refractivity contribution in [2.45, 2.75) is 26.7 Å². The SMILES string of the molecule is CC1(C)CCN(C(N)=S)CC1. The van der Waals surface area contributed by atoms with Gasteiger partial charge in [-0.2, -0.15) is 0 Å². The zero-order valence-corrected chi connectivity index (χ0v) is 8.08. The third kappa shape index (κ3) is 2.33. The lowest BCUT2D eigenvalue weighted by atomic mass is 9.83. The Kier molecular flexibility index (Phi) is 2.37. The van der Waals surface area contributed by atoms with Gasteiger partial charge in [0.25, 0.3) is 0 Å². The van der Waals surface area contributed by atoms with Gasteiger partial charge in [-0.15, -0.1) is 0 Å².